The van der Waals surface area contributed by atoms with Crippen molar-refractivity contribution in [2.24, 2.45) is 15.7 Å². The number of aromatic amines is 2. The lowest BCUT2D eigenvalue weighted by molar-refractivity contribution is -0.138. The van der Waals surface area contributed by atoms with Gasteiger partial charge < -0.3 is 41.3 Å². The third-order valence-corrected chi connectivity index (χ3v) is 9.68. The van der Waals surface area contributed by atoms with E-state index in [1.807, 2.05) is 58.1 Å². The number of fused-ring (bicyclic) bond motifs is 7. The van der Waals surface area contributed by atoms with Gasteiger partial charge >= 0.3 is 18.0 Å². The van der Waals surface area contributed by atoms with Crippen LogP contribution < -0.4 is 27.1 Å². The van der Waals surface area contributed by atoms with E-state index in [0.717, 1.165) is 55.5 Å². The Kier molecular flexibility index (Phi) is 12.3. The molecule has 5 rings (SSSR count). The molecule has 8 N–H and O–H groups in total. The van der Waals surface area contributed by atoms with Gasteiger partial charge in [-0.15, -0.1) is 0 Å². The van der Waals surface area contributed by atoms with E-state index in [4.69, 9.17) is 15.5 Å². The van der Waals surface area contributed by atoms with E-state index in [-0.39, 0.29) is 25.7 Å². The zero-order valence-corrected chi connectivity index (χ0v) is 32.5. The summed E-state index contributed by atoms with van der Waals surface area (Å²) in [5.74, 6) is -2.34. The highest BCUT2D eigenvalue weighted by atomic mass is 16.6. The molecule has 3 aliphatic rings. The molecular formula is C41H51N7O7. The number of carbonyl (C=O) groups is 4. The van der Waals surface area contributed by atoms with E-state index >= 15 is 0 Å². The minimum atomic E-state index is -0.943. The molecule has 0 saturated carbocycles. The Bertz CT molecular complexity index is 2240. The average molecular weight is 754 g/mol. The summed E-state index contributed by atoms with van der Waals surface area (Å²) in [5, 5.41) is 26.9. The summed E-state index contributed by atoms with van der Waals surface area (Å²) >= 11 is 0. The molecule has 2 aromatic rings. The van der Waals surface area contributed by atoms with Gasteiger partial charge in [0.1, 0.15) is 5.60 Å². The topological polar surface area (TPSA) is 224 Å². The number of aromatic nitrogens is 2. The molecule has 0 spiro atoms. The molecule has 2 amide bonds. The molecular weight excluding hydrogens is 702 g/mol. The number of hydrogen-bond acceptors (Lipinski definition) is 8. The van der Waals surface area contributed by atoms with Gasteiger partial charge in [-0.25, -0.2) is 14.8 Å². The van der Waals surface area contributed by atoms with Crippen molar-refractivity contribution < 1.29 is 34.1 Å². The molecule has 55 heavy (non-hydrogen) atoms. The van der Waals surface area contributed by atoms with Crippen LogP contribution in [0.1, 0.15) is 101 Å². The van der Waals surface area contributed by atoms with E-state index in [1.165, 1.54) is 0 Å². The molecule has 0 radical (unpaired) electrons. The molecule has 0 saturated heterocycles. The second-order valence-electron chi connectivity index (χ2n) is 15.1. The Hall–Kier alpha value is -5.76. The predicted octanol–water partition coefficient (Wildman–Crippen LogP) is 4.33. The van der Waals surface area contributed by atoms with Crippen LogP contribution in [0.5, 0.6) is 0 Å². The second-order valence-corrected chi connectivity index (χ2v) is 15.1. The molecule has 14 heteroatoms. The van der Waals surface area contributed by atoms with Crippen LogP contribution in [0.15, 0.2) is 55.9 Å². The number of alkyl carbamates (subject to hydrolysis) is 1. The number of unbranched alkanes of at least 4 members (excludes halogenated alkanes) is 1. The lowest BCUT2D eigenvalue weighted by Crippen LogP contribution is -2.33. The summed E-state index contributed by atoms with van der Waals surface area (Å²) in [6, 6.07) is 1.15. The lowest BCUT2D eigenvalue weighted by atomic mass is 9.98. The second kappa shape index (κ2) is 16.7. The van der Waals surface area contributed by atoms with Gasteiger partial charge in [-0.1, -0.05) is 0 Å². The average Bonchev–Trinajstić information content (AvgIpc) is 3.76. The zero-order chi connectivity index (χ0) is 40.2. The van der Waals surface area contributed by atoms with Crippen molar-refractivity contribution in [2.75, 3.05) is 6.54 Å². The summed E-state index contributed by atoms with van der Waals surface area (Å²) in [7, 11) is 0. The Morgan fingerprint density at radius 3 is 2.33 bits per heavy atom. The third-order valence-electron chi connectivity index (χ3n) is 9.68. The number of nitrogens with zero attached hydrogens (tertiary/aromatic N) is 2. The quantitative estimate of drug-likeness (QED) is 0.153. The molecule has 3 aliphatic heterocycles. The van der Waals surface area contributed by atoms with Crippen molar-refractivity contribution in [1.82, 2.24) is 20.6 Å². The van der Waals surface area contributed by atoms with E-state index in [0.29, 0.717) is 54.3 Å². The molecule has 5 heterocycles. The number of aliphatic carboxylic acids is 2. The van der Waals surface area contributed by atoms with Crippen LogP contribution in [-0.4, -0.2) is 73.7 Å². The largest absolute Gasteiger partial charge is 0.481 e. The van der Waals surface area contributed by atoms with Crippen LogP contribution in [0.3, 0.4) is 0 Å². The Balaban J connectivity index is 1.55. The molecule has 0 aliphatic carbocycles. The number of hydrogen-bond donors (Lipinski definition) is 7. The van der Waals surface area contributed by atoms with Gasteiger partial charge in [0.15, 0.2) is 0 Å². The smallest absolute Gasteiger partial charge is 0.407 e. The lowest BCUT2D eigenvalue weighted by Gasteiger charge is -2.19. The Morgan fingerprint density at radius 1 is 0.927 bits per heavy atom. The van der Waals surface area contributed by atoms with Crippen LogP contribution in [-0.2, 0) is 25.5 Å². The summed E-state index contributed by atoms with van der Waals surface area (Å²) in [6.07, 6.45) is 9.00. The number of ether oxygens (including phenoxy) is 1. The summed E-state index contributed by atoms with van der Waals surface area (Å²) in [5.41, 5.74) is 15.0. The van der Waals surface area contributed by atoms with Gasteiger partial charge in [-0.05, 0) is 139 Å². The highest BCUT2D eigenvalue weighted by Gasteiger charge is 2.28. The van der Waals surface area contributed by atoms with Gasteiger partial charge in [0.05, 0.1) is 28.9 Å². The fourth-order valence-electron chi connectivity index (χ4n) is 6.67. The van der Waals surface area contributed by atoms with E-state index in [1.54, 1.807) is 20.8 Å². The van der Waals surface area contributed by atoms with E-state index < -0.39 is 35.6 Å². The van der Waals surface area contributed by atoms with Gasteiger partial charge in [0.2, 0.25) is 0 Å². The van der Waals surface area contributed by atoms with Crippen LogP contribution in [0, 0.1) is 13.8 Å². The first-order chi connectivity index (χ1) is 25.9. The summed E-state index contributed by atoms with van der Waals surface area (Å²) in [4.78, 5) is 65.2. The number of aryl methyl sites for hydroxylation is 1. The number of rotatable bonds is 12. The monoisotopic (exact) mass is 753 g/mol. The maximum absolute atomic E-state index is 13.5. The number of carboxylic acid groups (broad SMARTS) is 2. The minimum Gasteiger partial charge on any atom is -0.481 e. The van der Waals surface area contributed by atoms with Crippen molar-refractivity contribution >= 4 is 53.6 Å². The zero-order valence-electron chi connectivity index (χ0n) is 32.5. The standard InChI is InChI=1S/C41H51N7O7/c1-21-16-25-17-30-24(4)38(48-39(53)28(42)10-8-9-15-43-40(54)55-41(5,6)7)35(47-30)19-32-23(3)27(12-14-37(51)52)34(46-32)20-33-26(11-13-36(49)50)22(2)31(45-33)18-29(21)44-25/h16-20,28,44-45,47H,8-15,42H2,1-7H3,(H,43,54)(H,49,50)(H,51,52). The molecule has 0 aromatic carbocycles. The maximum atomic E-state index is 13.5. The molecule has 1 atom stereocenters. The first kappa shape index (κ1) is 40.4. The van der Waals surface area contributed by atoms with Gasteiger partial charge in [0.25, 0.3) is 5.91 Å². The Morgan fingerprint density at radius 2 is 1.64 bits per heavy atom. The van der Waals surface area contributed by atoms with Crippen molar-refractivity contribution in [1.29, 1.82) is 0 Å². The van der Waals surface area contributed by atoms with Gasteiger partial charge in [-0.2, -0.15) is 0 Å². The van der Waals surface area contributed by atoms with Crippen LogP contribution in [0.25, 0.3) is 18.2 Å². The van der Waals surface area contributed by atoms with E-state index in [2.05, 4.69) is 25.6 Å². The van der Waals surface area contributed by atoms with Crippen molar-refractivity contribution in [3.63, 3.8) is 0 Å². The first-order valence-corrected chi connectivity index (χ1v) is 18.5. The fourth-order valence-corrected chi connectivity index (χ4v) is 6.67. The normalized spacial score (nSPS) is 16.5. The number of carboxylic acids is 2. The summed E-state index contributed by atoms with van der Waals surface area (Å²) < 4.78 is 5.26. The molecule has 8 bridgehead atoms. The SMILES string of the molecule is CC1=C2C=c3cc(C)c([nH]3)=Cc3[nH]c(c(CCC(=O)O)c3C)C=C3N=C(C=C(N2)C1=NC(=O)C(N)CCCCNC(=O)OC(C)(C)C)C(C)=C3CCC(=O)O. The minimum absolute atomic E-state index is 0.0633. The third kappa shape index (κ3) is 10.1. The predicted molar refractivity (Wildman–Crippen MR) is 212 cm³/mol. The molecule has 292 valence electrons. The Labute approximate surface area is 319 Å². The molecule has 1 unspecified atom stereocenters. The molecule has 0 fully saturated rings. The number of allylic oxidation sites excluding steroid dienone is 5. The molecule has 14 nitrogen and oxygen atoms in total. The number of amides is 2. The van der Waals surface area contributed by atoms with Crippen LogP contribution in [0.4, 0.5) is 4.79 Å². The first-order valence-electron chi connectivity index (χ1n) is 18.5. The van der Waals surface area contributed by atoms with Crippen molar-refractivity contribution in [2.45, 2.75) is 105 Å². The van der Waals surface area contributed by atoms with Crippen LogP contribution >= 0.6 is 0 Å². The summed E-state index contributed by atoms with van der Waals surface area (Å²) in [6.45, 7) is 13.5. The maximum Gasteiger partial charge on any atom is 0.407 e. The number of carbonyl (C=O) groups excluding carboxylic acids is 2. The van der Waals surface area contributed by atoms with Crippen LogP contribution in [0.2, 0.25) is 0 Å². The van der Waals surface area contributed by atoms with Crippen molar-refractivity contribution in [3.8, 4) is 0 Å². The van der Waals surface area contributed by atoms with Gasteiger partial charge in [-0.3, -0.25) is 14.4 Å². The van der Waals surface area contributed by atoms with Crippen molar-refractivity contribution in [3.05, 3.63) is 84.7 Å². The number of nitrogens with two attached hydrogens (primary N) is 1. The number of aliphatic imine (C=N–C) groups is 2. The highest BCUT2D eigenvalue weighted by Crippen LogP contribution is 2.34. The molecule has 2 aromatic heterocycles. The van der Waals surface area contributed by atoms with Gasteiger partial charge in [0, 0.05) is 52.7 Å². The fraction of sp³-hybridized carbons (Fsp3) is 0.415. The number of H-pyrrole nitrogens is 2. The number of nitrogens with one attached hydrogen (secondary N) is 4. The van der Waals surface area contributed by atoms with E-state index in [9.17, 15) is 29.4 Å². The highest BCUT2D eigenvalue weighted by molar-refractivity contribution is 6.24.